The van der Waals surface area contributed by atoms with E-state index in [2.05, 4.69) is 13.8 Å². The van der Waals surface area contributed by atoms with Crippen molar-refractivity contribution in [3.05, 3.63) is 0 Å². The van der Waals surface area contributed by atoms with Gasteiger partial charge in [-0.25, -0.2) is 12.7 Å². The molecule has 1 saturated heterocycles. The van der Waals surface area contributed by atoms with Crippen LogP contribution in [0.25, 0.3) is 0 Å². The van der Waals surface area contributed by atoms with Crippen LogP contribution in [0.4, 0.5) is 0 Å². The van der Waals surface area contributed by atoms with Gasteiger partial charge in [-0.15, -0.1) is 0 Å². The smallest absolute Gasteiger partial charge is 0.214 e. The molecule has 1 aliphatic heterocycles. The summed E-state index contributed by atoms with van der Waals surface area (Å²) in [6.07, 6.45) is 1.55. The minimum absolute atomic E-state index is 0.0532. The van der Waals surface area contributed by atoms with Crippen LogP contribution in [0.5, 0.6) is 0 Å². The molecule has 2 atom stereocenters. The molecule has 1 fully saturated rings. The first-order valence-electron chi connectivity index (χ1n) is 6.60. The standard InChI is InChI=1S/C12H26N2O3S/c1-10(2)12(13)4-6-14(3)18(15,16)9-11-5-7-17-8-11/h10-12H,4-9,13H2,1-3H3. The largest absolute Gasteiger partial charge is 0.381 e. The molecule has 0 radical (unpaired) electrons. The Morgan fingerprint density at radius 1 is 1.44 bits per heavy atom. The summed E-state index contributed by atoms with van der Waals surface area (Å²) in [6, 6.07) is 0.0532. The second-order valence-electron chi connectivity index (χ2n) is 5.53. The normalized spacial score (nSPS) is 22.9. The minimum atomic E-state index is -3.17. The maximum Gasteiger partial charge on any atom is 0.214 e. The molecule has 5 nitrogen and oxygen atoms in total. The predicted molar refractivity (Wildman–Crippen MR) is 72.8 cm³/mol. The van der Waals surface area contributed by atoms with Crippen molar-refractivity contribution in [2.45, 2.75) is 32.7 Å². The Balaban J connectivity index is 2.41. The van der Waals surface area contributed by atoms with Crippen LogP contribution >= 0.6 is 0 Å². The molecule has 1 heterocycles. The molecule has 6 heteroatoms. The zero-order valence-electron chi connectivity index (χ0n) is 11.6. The number of ether oxygens (including phenoxy) is 1. The third-order valence-corrected chi connectivity index (χ3v) is 5.60. The van der Waals surface area contributed by atoms with E-state index >= 15 is 0 Å². The molecule has 2 N–H and O–H groups in total. The van der Waals surface area contributed by atoms with E-state index in [1.165, 1.54) is 4.31 Å². The van der Waals surface area contributed by atoms with Gasteiger partial charge in [0.1, 0.15) is 0 Å². The molecule has 108 valence electrons. The SMILES string of the molecule is CC(C)C(N)CCN(C)S(=O)(=O)CC1CCOC1. The third-order valence-electron chi connectivity index (χ3n) is 3.58. The van der Waals surface area contributed by atoms with Crippen molar-refractivity contribution in [3.8, 4) is 0 Å². The van der Waals surface area contributed by atoms with Crippen molar-refractivity contribution < 1.29 is 13.2 Å². The van der Waals surface area contributed by atoms with Crippen LogP contribution in [0.3, 0.4) is 0 Å². The first-order valence-corrected chi connectivity index (χ1v) is 8.21. The Morgan fingerprint density at radius 3 is 2.61 bits per heavy atom. The van der Waals surface area contributed by atoms with Crippen LogP contribution in [0, 0.1) is 11.8 Å². The van der Waals surface area contributed by atoms with Crippen molar-refractivity contribution in [2.75, 3.05) is 32.6 Å². The average Bonchev–Trinajstić information content (AvgIpc) is 2.76. The van der Waals surface area contributed by atoms with E-state index in [0.717, 1.165) is 6.42 Å². The van der Waals surface area contributed by atoms with Gasteiger partial charge in [-0.3, -0.25) is 0 Å². The van der Waals surface area contributed by atoms with Gasteiger partial charge in [0.05, 0.1) is 12.4 Å². The minimum Gasteiger partial charge on any atom is -0.381 e. The van der Waals surface area contributed by atoms with E-state index in [4.69, 9.17) is 10.5 Å². The molecule has 1 aliphatic rings. The molecule has 1 rings (SSSR count). The highest BCUT2D eigenvalue weighted by Crippen LogP contribution is 2.16. The first-order chi connectivity index (χ1) is 8.33. The summed E-state index contributed by atoms with van der Waals surface area (Å²) in [7, 11) is -1.53. The number of sulfonamides is 1. The van der Waals surface area contributed by atoms with Crippen molar-refractivity contribution in [3.63, 3.8) is 0 Å². The maximum atomic E-state index is 12.1. The molecule has 0 aliphatic carbocycles. The van der Waals surface area contributed by atoms with Gasteiger partial charge in [0, 0.05) is 26.2 Å². The van der Waals surface area contributed by atoms with Crippen LogP contribution in [0.1, 0.15) is 26.7 Å². The van der Waals surface area contributed by atoms with Crippen molar-refractivity contribution >= 4 is 10.0 Å². The lowest BCUT2D eigenvalue weighted by atomic mass is 10.0. The van der Waals surface area contributed by atoms with E-state index in [1.54, 1.807) is 7.05 Å². The Kier molecular flexibility index (Phi) is 6.04. The van der Waals surface area contributed by atoms with Gasteiger partial charge in [-0.2, -0.15) is 0 Å². The lowest BCUT2D eigenvalue weighted by Gasteiger charge is -2.22. The Morgan fingerprint density at radius 2 is 2.11 bits per heavy atom. The fourth-order valence-corrected chi connectivity index (χ4v) is 3.44. The summed E-state index contributed by atoms with van der Waals surface area (Å²) in [5, 5.41) is 0. The molecular weight excluding hydrogens is 252 g/mol. The number of nitrogens with two attached hydrogens (primary N) is 1. The van der Waals surface area contributed by atoms with Gasteiger partial charge in [-0.1, -0.05) is 13.8 Å². The van der Waals surface area contributed by atoms with Crippen LogP contribution in [0.2, 0.25) is 0 Å². The van der Waals surface area contributed by atoms with Crippen LogP contribution in [-0.4, -0.2) is 51.3 Å². The molecule has 0 aromatic carbocycles. The summed E-state index contributed by atoms with van der Waals surface area (Å²) in [5.41, 5.74) is 5.93. The van der Waals surface area contributed by atoms with Gasteiger partial charge >= 0.3 is 0 Å². The van der Waals surface area contributed by atoms with Crippen LogP contribution in [0.15, 0.2) is 0 Å². The highest BCUT2D eigenvalue weighted by Gasteiger charge is 2.26. The molecule has 0 aromatic heterocycles. The summed E-state index contributed by atoms with van der Waals surface area (Å²) in [4.78, 5) is 0. The summed E-state index contributed by atoms with van der Waals surface area (Å²) in [6.45, 7) is 5.85. The van der Waals surface area contributed by atoms with Gasteiger partial charge in [0.15, 0.2) is 0 Å². The molecule has 2 unspecified atom stereocenters. The van der Waals surface area contributed by atoms with Gasteiger partial charge < -0.3 is 10.5 Å². The molecule has 0 saturated carbocycles. The molecule has 0 spiro atoms. The second kappa shape index (κ2) is 6.84. The van der Waals surface area contributed by atoms with Crippen LogP contribution < -0.4 is 5.73 Å². The van der Waals surface area contributed by atoms with Crippen molar-refractivity contribution in [2.24, 2.45) is 17.6 Å². The Hall–Kier alpha value is -0.170. The van der Waals surface area contributed by atoms with Gasteiger partial charge in [-0.05, 0) is 24.7 Å². The number of nitrogens with zero attached hydrogens (tertiary/aromatic N) is 1. The Labute approximate surface area is 111 Å². The van der Waals surface area contributed by atoms with Crippen LogP contribution in [-0.2, 0) is 14.8 Å². The molecular formula is C12H26N2O3S. The molecule has 0 aromatic rings. The highest BCUT2D eigenvalue weighted by atomic mass is 32.2. The van der Waals surface area contributed by atoms with Gasteiger partial charge in [0.25, 0.3) is 0 Å². The highest BCUT2D eigenvalue weighted by molar-refractivity contribution is 7.89. The van der Waals surface area contributed by atoms with E-state index in [1.807, 2.05) is 0 Å². The lowest BCUT2D eigenvalue weighted by molar-refractivity contribution is 0.188. The fourth-order valence-electron chi connectivity index (χ4n) is 1.94. The second-order valence-corrected chi connectivity index (χ2v) is 7.65. The van der Waals surface area contributed by atoms with E-state index in [9.17, 15) is 8.42 Å². The Bertz CT molecular complexity index is 337. The quantitative estimate of drug-likeness (QED) is 0.742. The molecule has 0 bridgehead atoms. The zero-order valence-corrected chi connectivity index (χ0v) is 12.4. The predicted octanol–water partition coefficient (Wildman–Crippen LogP) is 0.658. The number of hydrogen-bond acceptors (Lipinski definition) is 4. The van der Waals surface area contributed by atoms with Gasteiger partial charge in [0.2, 0.25) is 10.0 Å². The first kappa shape index (κ1) is 15.9. The summed E-state index contributed by atoms with van der Waals surface area (Å²) in [5.74, 6) is 0.723. The summed E-state index contributed by atoms with van der Waals surface area (Å²) >= 11 is 0. The topological polar surface area (TPSA) is 72.6 Å². The zero-order chi connectivity index (χ0) is 13.8. The lowest BCUT2D eigenvalue weighted by Crippen LogP contribution is -2.37. The molecule has 18 heavy (non-hydrogen) atoms. The maximum absolute atomic E-state index is 12.1. The van der Waals surface area contributed by atoms with E-state index in [0.29, 0.717) is 32.1 Å². The van der Waals surface area contributed by atoms with Crippen molar-refractivity contribution in [1.29, 1.82) is 0 Å². The van der Waals surface area contributed by atoms with Crippen molar-refractivity contribution in [1.82, 2.24) is 4.31 Å². The van der Waals surface area contributed by atoms with E-state index < -0.39 is 10.0 Å². The fraction of sp³-hybridized carbons (Fsp3) is 1.00. The third kappa shape index (κ3) is 4.84. The monoisotopic (exact) mass is 278 g/mol. The summed E-state index contributed by atoms with van der Waals surface area (Å²) < 4.78 is 30.8. The number of rotatable bonds is 7. The number of hydrogen-bond donors (Lipinski definition) is 1. The van der Waals surface area contributed by atoms with E-state index in [-0.39, 0.29) is 17.7 Å². The molecule has 0 amide bonds. The average molecular weight is 278 g/mol.